The maximum atomic E-state index is 12.8. The Hall–Kier alpha value is -2.85. The van der Waals surface area contributed by atoms with Crippen molar-refractivity contribution in [1.29, 1.82) is 0 Å². The van der Waals surface area contributed by atoms with Crippen molar-refractivity contribution in [2.45, 2.75) is 51.5 Å². The van der Waals surface area contributed by atoms with Crippen LogP contribution in [0.3, 0.4) is 0 Å². The minimum atomic E-state index is -0.111. The summed E-state index contributed by atoms with van der Waals surface area (Å²) in [5.41, 5.74) is 3.08. The van der Waals surface area contributed by atoms with E-state index in [1.54, 1.807) is 18.2 Å². The molecule has 32 heavy (non-hydrogen) atoms. The first-order valence-electron chi connectivity index (χ1n) is 11.4. The van der Waals surface area contributed by atoms with Gasteiger partial charge in [0.1, 0.15) is 0 Å². The van der Waals surface area contributed by atoms with Crippen LogP contribution in [0.15, 0.2) is 54.6 Å². The van der Waals surface area contributed by atoms with Crippen LogP contribution in [0.25, 0.3) is 17.7 Å². The highest BCUT2D eigenvalue weighted by atomic mass is 35.5. The lowest BCUT2D eigenvalue weighted by Gasteiger charge is -2.11. The van der Waals surface area contributed by atoms with E-state index in [1.807, 2.05) is 48.5 Å². The van der Waals surface area contributed by atoms with Crippen LogP contribution in [0.4, 0.5) is 0 Å². The molecule has 2 N–H and O–H groups in total. The van der Waals surface area contributed by atoms with Gasteiger partial charge in [0.25, 0.3) is 5.91 Å². The third-order valence-corrected chi connectivity index (χ3v) is 5.66. The Morgan fingerprint density at radius 1 is 1.00 bits per heavy atom. The van der Waals surface area contributed by atoms with Gasteiger partial charge in [-0.2, -0.15) is 0 Å². The second kappa shape index (κ2) is 12.3. The van der Waals surface area contributed by atoms with Crippen LogP contribution in [0.2, 0.25) is 5.02 Å². The topological polar surface area (TPSA) is 58.2 Å². The number of halogens is 1. The second-order valence-corrected chi connectivity index (χ2v) is 8.54. The molecule has 168 valence electrons. The number of amides is 2. The Labute approximate surface area is 195 Å². The van der Waals surface area contributed by atoms with Gasteiger partial charge in [-0.25, -0.2) is 0 Å². The first-order chi connectivity index (χ1) is 15.6. The normalized spacial score (nSPS) is 13.9. The lowest BCUT2D eigenvalue weighted by atomic mass is 10.0. The first kappa shape index (κ1) is 23.8. The predicted molar refractivity (Wildman–Crippen MR) is 133 cm³/mol. The predicted octanol–water partition coefficient (Wildman–Crippen LogP) is 5.87. The highest BCUT2D eigenvalue weighted by Crippen LogP contribution is 2.28. The first-order valence-corrected chi connectivity index (χ1v) is 11.8. The van der Waals surface area contributed by atoms with Crippen LogP contribution in [-0.2, 0) is 9.59 Å². The molecule has 0 aromatic heterocycles. The molecule has 2 aromatic rings. The molecule has 3 rings (SSSR count). The quantitative estimate of drug-likeness (QED) is 0.255. The summed E-state index contributed by atoms with van der Waals surface area (Å²) in [4.78, 5) is 24.8. The standard InChI is InChI=1S/C27H31ClN2O2/c1-2-3-4-7-18-29-26(31)17-14-20-10-12-21(13-11-20)19-24(27(32)30-22-15-16-22)23-8-5-6-9-25(23)28/h5-6,8-14,17,19,22H,2-4,7,15-16,18H2,1H3,(H,29,31)(H,30,32)/b17-14+,24-19+. The summed E-state index contributed by atoms with van der Waals surface area (Å²) < 4.78 is 0. The highest BCUT2D eigenvalue weighted by Gasteiger charge is 2.25. The SMILES string of the molecule is CCCCCCNC(=O)/C=C/c1ccc(/C=C(/C(=O)NC2CC2)c2ccccc2Cl)cc1. The van der Waals surface area contributed by atoms with Gasteiger partial charge in [-0.05, 0) is 48.6 Å². The van der Waals surface area contributed by atoms with Gasteiger partial charge < -0.3 is 10.6 Å². The molecule has 0 aliphatic heterocycles. The molecule has 1 aliphatic rings. The molecule has 2 amide bonds. The van der Waals surface area contributed by atoms with Crippen LogP contribution < -0.4 is 10.6 Å². The van der Waals surface area contributed by atoms with Gasteiger partial charge in [0.05, 0.1) is 0 Å². The number of hydrogen-bond donors (Lipinski definition) is 2. The molecule has 0 unspecified atom stereocenters. The molecule has 0 heterocycles. The van der Waals surface area contributed by atoms with E-state index in [-0.39, 0.29) is 17.9 Å². The minimum Gasteiger partial charge on any atom is -0.353 e. The Kier molecular flexibility index (Phi) is 9.12. The minimum absolute atomic E-state index is 0.0803. The average molecular weight is 451 g/mol. The zero-order valence-corrected chi connectivity index (χ0v) is 19.3. The summed E-state index contributed by atoms with van der Waals surface area (Å²) >= 11 is 6.37. The summed E-state index contributed by atoms with van der Waals surface area (Å²) in [6.45, 7) is 2.88. The Balaban J connectivity index is 1.66. The summed E-state index contributed by atoms with van der Waals surface area (Å²) in [5, 5.41) is 6.51. The van der Waals surface area contributed by atoms with Crippen molar-refractivity contribution in [2.24, 2.45) is 0 Å². The third-order valence-electron chi connectivity index (χ3n) is 5.33. The van der Waals surface area contributed by atoms with Gasteiger partial charge in [-0.1, -0.05) is 80.3 Å². The van der Waals surface area contributed by atoms with Crippen LogP contribution in [0.5, 0.6) is 0 Å². The average Bonchev–Trinajstić information content (AvgIpc) is 3.61. The van der Waals surface area contributed by atoms with E-state index < -0.39 is 0 Å². The van der Waals surface area contributed by atoms with Crippen molar-refractivity contribution in [3.8, 4) is 0 Å². The van der Waals surface area contributed by atoms with Crippen LogP contribution >= 0.6 is 11.6 Å². The Morgan fingerprint density at radius 3 is 2.41 bits per heavy atom. The van der Waals surface area contributed by atoms with Gasteiger partial charge in [-0.3, -0.25) is 9.59 Å². The highest BCUT2D eigenvalue weighted by molar-refractivity contribution is 6.36. The molecule has 2 aromatic carbocycles. The second-order valence-electron chi connectivity index (χ2n) is 8.14. The largest absolute Gasteiger partial charge is 0.353 e. The maximum absolute atomic E-state index is 12.8. The Bertz CT molecular complexity index is 975. The summed E-state index contributed by atoms with van der Waals surface area (Å²) in [5.74, 6) is -0.191. The fourth-order valence-corrected chi connectivity index (χ4v) is 3.54. The molecule has 0 spiro atoms. The molecular weight excluding hydrogens is 420 g/mol. The molecule has 1 saturated carbocycles. The molecule has 0 radical (unpaired) electrons. The van der Waals surface area contributed by atoms with Crippen LogP contribution in [0, 0.1) is 0 Å². The van der Waals surface area contributed by atoms with Gasteiger partial charge in [0.15, 0.2) is 0 Å². The number of nitrogens with one attached hydrogen (secondary N) is 2. The van der Waals surface area contributed by atoms with E-state index in [4.69, 9.17) is 11.6 Å². The van der Waals surface area contributed by atoms with E-state index in [0.717, 1.165) is 36.8 Å². The van der Waals surface area contributed by atoms with Crippen molar-refractivity contribution in [3.63, 3.8) is 0 Å². The van der Waals surface area contributed by atoms with Gasteiger partial charge in [0, 0.05) is 34.8 Å². The molecule has 1 fully saturated rings. The summed E-state index contributed by atoms with van der Waals surface area (Å²) in [6, 6.07) is 15.4. The molecule has 1 aliphatic carbocycles. The summed E-state index contributed by atoms with van der Waals surface area (Å²) in [6.07, 6.45) is 11.8. The number of carbonyl (C=O) groups is 2. The van der Waals surface area contributed by atoms with Gasteiger partial charge >= 0.3 is 0 Å². The molecule has 0 bridgehead atoms. The number of rotatable bonds is 11. The molecule has 4 nitrogen and oxygen atoms in total. The van der Waals surface area contributed by atoms with Crippen LogP contribution in [-0.4, -0.2) is 24.4 Å². The van der Waals surface area contributed by atoms with E-state index in [1.165, 1.54) is 12.8 Å². The fraction of sp³-hybridized carbons (Fsp3) is 0.333. The molecule has 5 heteroatoms. The van der Waals surface area contributed by atoms with Gasteiger partial charge in [-0.15, -0.1) is 0 Å². The Morgan fingerprint density at radius 2 is 1.72 bits per heavy atom. The number of carbonyl (C=O) groups excluding carboxylic acids is 2. The fourth-order valence-electron chi connectivity index (χ4n) is 3.30. The van der Waals surface area contributed by atoms with Crippen molar-refractivity contribution in [2.75, 3.05) is 6.54 Å². The van der Waals surface area contributed by atoms with E-state index >= 15 is 0 Å². The zero-order valence-electron chi connectivity index (χ0n) is 18.6. The smallest absolute Gasteiger partial charge is 0.252 e. The van der Waals surface area contributed by atoms with Crippen molar-refractivity contribution in [1.82, 2.24) is 10.6 Å². The van der Waals surface area contributed by atoms with E-state index in [2.05, 4.69) is 17.6 Å². The van der Waals surface area contributed by atoms with Crippen molar-refractivity contribution >= 4 is 41.1 Å². The van der Waals surface area contributed by atoms with Crippen LogP contribution in [0.1, 0.15) is 62.1 Å². The lowest BCUT2D eigenvalue weighted by molar-refractivity contribution is -0.117. The molecule has 0 saturated heterocycles. The van der Waals surface area contributed by atoms with E-state index in [0.29, 0.717) is 22.7 Å². The van der Waals surface area contributed by atoms with Crippen molar-refractivity contribution in [3.05, 3.63) is 76.3 Å². The maximum Gasteiger partial charge on any atom is 0.252 e. The molecule has 0 atom stereocenters. The monoisotopic (exact) mass is 450 g/mol. The molecular formula is C27H31ClN2O2. The zero-order chi connectivity index (χ0) is 22.8. The third kappa shape index (κ3) is 7.69. The number of unbranched alkanes of at least 4 members (excludes halogenated alkanes) is 3. The lowest BCUT2D eigenvalue weighted by Crippen LogP contribution is -2.26. The van der Waals surface area contributed by atoms with E-state index in [9.17, 15) is 9.59 Å². The number of hydrogen-bond acceptors (Lipinski definition) is 2. The number of benzene rings is 2. The van der Waals surface area contributed by atoms with Crippen molar-refractivity contribution < 1.29 is 9.59 Å². The van der Waals surface area contributed by atoms with Gasteiger partial charge in [0.2, 0.25) is 5.91 Å². The summed E-state index contributed by atoms with van der Waals surface area (Å²) in [7, 11) is 0.